The summed E-state index contributed by atoms with van der Waals surface area (Å²) in [6.45, 7) is 0. The van der Waals surface area contributed by atoms with Crippen LogP contribution in [0.2, 0.25) is 0 Å². The predicted molar refractivity (Wildman–Crippen MR) is 106 cm³/mol. The van der Waals surface area contributed by atoms with Gasteiger partial charge in [0.05, 0.1) is 28.3 Å². The highest BCUT2D eigenvalue weighted by Gasteiger charge is 2.19. The second kappa shape index (κ2) is 4.14. The van der Waals surface area contributed by atoms with Crippen molar-refractivity contribution in [2.45, 2.75) is 0 Å². The Morgan fingerprint density at radius 2 is 1.73 bits per heavy atom. The molecule has 0 aliphatic heterocycles. The molecule has 0 fully saturated rings. The summed E-state index contributed by atoms with van der Waals surface area (Å²) in [6, 6.07) is 21.5. The van der Waals surface area contributed by atoms with Gasteiger partial charge in [-0.05, 0) is 29.7 Å². The molecule has 7 aromatic rings. The van der Waals surface area contributed by atoms with Crippen molar-refractivity contribution in [3.05, 3.63) is 73.1 Å². The molecule has 0 aliphatic rings. The Kier molecular flexibility index (Phi) is 2.03. The van der Waals surface area contributed by atoms with Gasteiger partial charge in [0, 0.05) is 39.2 Å². The molecule has 7 rings (SSSR count). The predicted octanol–water partition coefficient (Wildman–Crippen LogP) is 6.13. The van der Waals surface area contributed by atoms with Gasteiger partial charge in [0.25, 0.3) is 0 Å². The molecule has 0 aliphatic carbocycles. The van der Waals surface area contributed by atoms with Crippen LogP contribution in [0.5, 0.6) is 0 Å². The molecule has 120 valence electrons. The van der Waals surface area contributed by atoms with E-state index < -0.39 is 0 Å². The Labute approximate surface area is 147 Å². The first-order valence-corrected chi connectivity index (χ1v) is 8.73. The van der Waals surface area contributed by atoms with Crippen LogP contribution in [0.4, 0.5) is 0 Å². The summed E-state index contributed by atoms with van der Waals surface area (Å²) >= 11 is 0. The molecule has 0 unspecified atom stereocenters. The van der Waals surface area contributed by atoms with Crippen LogP contribution in [0.15, 0.2) is 77.5 Å². The highest BCUT2D eigenvalue weighted by Crippen LogP contribution is 2.41. The van der Waals surface area contributed by atoms with Crippen LogP contribution in [0.1, 0.15) is 0 Å². The van der Waals surface area contributed by atoms with E-state index in [1.54, 1.807) is 6.26 Å². The zero-order valence-electron chi connectivity index (χ0n) is 13.7. The van der Waals surface area contributed by atoms with Crippen LogP contribution in [-0.2, 0) is 0 Å². The Morgan fingerprint density at radius 1 is 0.769 bits per heavy atom. The smallest absolute Gasteiger partial charge is 0.135 e. The molecule has 0 spiro atoms. The first-order chi connectivity index (χ1) is 12.9. The van der Waals surface area contributed by atoms with Gasteiger partial charge in [0.1, 0.15) is 5.58 Å². The summed E-state index contributed by atoms with van der Waals surface area (Å²) < 4.78 is 8.07. The standard InChI is InChI=1S/C23H12N2O/c1-2-4-18-15(3-1)16-6-5-13-7-9-24-22-17-11-14-8-10-26-20(14)12-19(17)25(18)23(16)21(13)22/h1-12H. The first kappa shape index (κ1) is 12.7. The Balaban J connectivity index is 1.99. The van der Waals surface area contributed by atoms with E-state index in [2.05, 4.69) is 59.0 Å². The lowest BCUT2D eigenvalue weighted by molar-refractivity contribution is 0.616. The fraction of sp³-hybridized carbons (Fsp3) is 0. The second-order valence-corrected chi connectivity index (χ2v) is 6.90. The molecule has 4 aromatic heterocycles. The minimum atomic E-state index is 0.904. The van der Waals surface area contributed by atoms with Crippen molar-refractivity contribution in [3.63, 3.8) is 0 Å². The monoisotopic (exact) mass is 332 g/mol. The molecule has 3 aromatic carbocycles. The maximum absolute atomic E-state index is 5.70. The van der Waals surface area contributed by atoms with Gasteiger partial charge in [-0.15, -0.1) is 0 Å². The third-order valence-electron chi connectivity index (χ3n) is 5.63. The number of para-hydroxylation sites is 1. The van der Waals surface area contributed by atoms with Crippen LogP contribution in [0, 0.1) is 0 Å². The fourth-order valence-corrected chi connectivity index (χ4v) is 4.55. The molecule has 0 N–H and O–H groups in total. The summed E-state index contributed by atoms with van der Waals surface area (Å²) in [5.41, 5.74) is 5.56. The molecule has 0 bridgehead atoms. The van der Waals surface area contributed by atoms with Crippen molar-refractivity contribution < 1.29 is 4.42 Å². The number of pyridine rings is 2. The number of hydrogen-bond acceptors (Lipinski definition) is 2. The summed E-state index contributed by atoms with van der Waals surface area (Å²) in [5.74, 6) is 0. The van der Waals surface area contributed by atoms with Crippen molar-refractivity contribution >= 4 is 60.0 Å². The van der Waals surface area contributed by atoms with Crippen molar-refractivity contribution in [2.24, 2.45) is 0 Å². The molecule has 26 heavy (non-hydrogen) atoms. The minimum Gasteiger partial charge on any atom is -0.464 e. The Hall–Kier alpha value is -3.59. The summed E-state index contributed by atoms with van der Waals surface area (Å²) in [6.07, 6.45) is 3.66. The number of furan rings is 1. The van der Waals surface area contributed by atoms with Gasteiger partial charge in [-0.1, -0.05) is 30.3 Å². The maximum Gasteiger partial charge on any atom is 0.135 e. The van der Waals surface area contributed by atoms with Gasteiger partial charge in [0.2, 0.25) is 0 Å². The van der Waals surface area contributed by atoms with Crippen molar-refractivity contribution in [1.82, 2.24) is 9.38 Å². The van der Waals surface area contributed by atoms with Crippen molar-refractivity contribution in [3.8, 4) is 0 Å². The van der Waals surface area contributed by atoms with E-state index >= 15 is 0 Å². The zero-order chi connectivity index (χ0) is 16.8. The van der Waals surface area contributed by atoms with E-state index in [4.69, 9.17) is 9.40 Å². The third kappa shape index (κ3) is 1.32. The number of nitrogens with zero attached hydrogens (tertiary/aromatic N) is 2. The minimum absolute atomic E-state index is 0.904. The molecular weight excluding hydrogens is 320 g/mol. The van der Waals surface area contributed by atoms with Gasteiger partial charge in [-0.3, -0.25) is 4.98 Å². The quantitative estimate of drug-likeness (QED) is 0.247. The third-order valence-corrected chi connectivity index (χ3v) is 5.63. The lowest BCUT2D eigenvalue weighted by Gasteiger charge is -2.12. The number of aromatic nitrogens is 2. The van der Waals surface area contributed by atoms with E-state index in [-0.39, 0.29) is 0 Å². The van der Waals surface area contributed by atoms with Crippen LogP contribution >= 0.6 is 0 Å². The molecule has 4 heterocycles. The average Bonchev–Trinajstić information content (AvgIpc) is 3.28. The molecule has 0 radical (unpaired) electrons. The summed E-state index contributed by atoms with van der Waals surface area (Å²) in [4.78, 5) is 4.78. The van der Waals surface area contributed by atoms with Crippen molar-refractivity contribution in [2.75, 3.05) is 0 Å². The molecule has 0 atom stereocenters. The lowest BCUT2D eigenvalue weighted by Crippen LogP contribution is -1.93. The molecule has 0 saturated carbocycles. The summed E-state index contributed by atoms with van der Waals surface area (Å²) in [5, 5.41) is 7.26. The average molecular weight is 332 g/mol. The second-order valence-electron chi connectivity index (χ2n) is 6.90. The Morgan fingerprint density at radius 3 is 2.73 bits per heavy atom. The van der Waals surface area contributed by atoms with Crippen LogP contribution in [0.25, 0.3) is 60.0 Å². The van der Waals surface area contributed by atoms with Crippen LogP contribution in [-0.4, -0.2) is 9.38 Å². The Bertz CT molecular complexity index is 1630. The topological polar surface area (TPSA) is 30.4 Å². The molecule has 0 saturated heterocycles. The number of benzene rings is 3. The maximum atomic E-state index is 5.70. The number of fused-ring (bicyclic) bond motifs is 7. The number of hydrogen-bond donors (Lipinski definition) is 0. The molecule has 0 amide bonds. The lowest BCUT2D eigenvalue weighted by atomic mass is 10.0. The highest BCUT2D eigenvalue weighted by atomic mass is 16.3. The van der Waals surface area contributed by atoms with Crippen LogP contribution in [0.3, 0.4) is 0 Å². The highest BCUT2D eigenvalue weighted by molar-refractivity contribution is 6.28. The van der Waals surface area contributed by atoms with E-state index in [1.165, 1.54) is 32.6 Å². The SMILES string of the molecule is c1ccc2c(c1)c1ccc3ccnc4c5cc6ccoc6cc5n2c1c34. The van der Waals surface area contributed by atoms with E-state index in [9.17, 15) is 0 Å². The van der Waals surface area contributed by atoms with E-state index in [0.717, 1.165) is 27.4 Å². The molecule has 3 heteroatoms. The van der Waals surface area contributed by atoms with E-state index in [0.29, 0.717) is 0 Å². The summed E-state index contributed by atoms with van der Waals surface area (Å²) in [7, 11) is 0. The van der Waals surface area contributed by atoms with Crippen molar-refractivity contribution in [1.29, 1.82) is 0 Å². The van der Waals surface area contributed by atoms with Gasteiger partial charge in [-0.25, -0.2) is 0 Å². The first-order valence-electron chi connectivity index (χ1n) is 8.73. The molecular formula is C23H12N2O. The fourth-order valence-electron chi connectivity index (χ4n) is 4.55. The number of rotatable bonds is 0. The molecule has 3 nitrogen and oxygen atoms in total. The van der Waals surface area contributed by atoms with E-state index in [1.807, 2.05) is 12.3 Å². The van der Waals surface area contributed by atoms with Gasteiger partial charge in [0.15, 0.2) is 0 Å². The largest absolute Gasteiger partial charge is 0.464 e. The van der Waals surface area contributed by atoms with Gasteiger partial charge in [-0.2, -0.15) is 0 Å². The van der Waals surface area contributed by atoms with Gasteiger partial charge < -0.3 is 8.82 Å². The van der Waals surface area contributed by atoms with Crippen LogP contribution < -0.4 is 0 Å². The normalized spacial score (nSPS) is 12.6. The zero-order valence-corrected chi connectivity index (χ0v) is 13.7. The van der Waals surface area contributed by atoms with Gasteiger partial charge >= 0.3 is 0 Å².